The molecule has 0 bridgehead atoms. The van der Waals surface area contributed by atoms with Crippen LogP contribution in [0.1, 0.15) is 52.7 Å². The molecular weight excluding hydrogens is 786 g/mol. The van der Waals surface area contributed by atoms with Crippen molar-refractivity contribution in [3.63, 3.8) is 0 Å². The van der Waals surface area contributed by atoms with Crippen LogP contribution in [0.3, 0.4) is 0 Å². The van der Waals surface area contributed by atoms with Crippen LogP contribution in [0, 0.1) is 18.0 Å². The number of halogens is 2. The van der Waals surface area contributed by atoms with Crippen molar-refractivity contribution in [3.8, 4) is 22.6 Å². The Morgan fingerprint density at radius 3 is 1.30 bits per heavy atom. The number of carboxylic acids is 2. The van der Waals surface area contributed by atoms with Crippen LogP contribution in [0.15, 0.2) is 58.5 Å². The van der Waals surface area contributed by atoms with Gasteiger partial charge in [-0.3, -0.25) is 9.98 Å². The molecule has 4 aromatic carbocycles. The Balaban J connectivity index is 2.09. The van der Waals surface area contributed by atoms with Gasteiger partial charge in [0.1, 0.15) is 11.5 Å². The van der Waals surface area contributed by atoms with Crippen molar-refractivity contribution >= 4 is 91.1 Å². The summed E-state index contributed by atoms with van der Waals surface area (Å²) in [7, 11) is 0. The minimum atomic E-state index is -1.08. The Morgan fingerprint density at radius 2 is 1.00 bits per heavy atom. The van der Waals surface area contributed by atoms with Gasteiger partial charge in [0.2, 0.25) is 0 Å². The number of phenolic OH excluding ortho intramolecular Hbond substituents is 2. The van der Waals surface area contributed by atoms with Gasteiger partial charge in [0.25, 0.3) is 0 Å². The molecule has 0 saturated carbocycles. The van der Waals surface area contributed by atoms with Crippen molar-refractivity contribution in [1.82, 2.24) is 0 Å². The zero-order valence-electron chi connectivity index (χ0n) is 25.2. The molecule has 0 spiro atoms. The van der Waals surface area contributed by atoms with Crippen LogP contribution in [0.5, 0.6) is 11.5 Å². The lowest BCUT2D eigenvalue weighted by Crippen LogP contribution is -2.32. The highest BCUT2D eigenvalue weighted by molar-refractivity contribution is 14.1. The number of hydrogen-bond acceptors (Lipinski definition) is 6. The van der Waals surface area contributed by atoms with Crippen molar-refractivity contribution < 1.29 is 30.0 Å². The third kappa shape index (κ3) is 7.01. The van der Waals surface area contributed by atoms with Crippen LogP contribution >= 0.6 is 45.2 Å². The molecule has 230 valence electrons. The molecule has 0 saturated heterocycles. The lowest BCUT2D eigenvalue weighted by Gasteiger charge is -2.23. The highest BCUT2D eigenvalue weighted by atomic mass is 127. The van der Waals surface area contributed by atoms with E-state index in [2.05, 4.69) is 55.2 Å². The van der Waals surface area contributed by atoms with Crippen molar-refractivity contribution in [2.45, 2.75) is 53.6 Å². The van der Waals surface area contributed by atoms with Crippen molar-refractivity contribution in [2.24, 2.45) is 20.8 Å². The number of aliphatic carboxylic acids is 2. The number of fused-ring (bicyclic) bond motifs is 2. The number of carbonyl (C=O) groups is 2. The smallest absolute Gasteiger partial charge is 0.328 e. The van der Waals surface area contributed by atoms with Gasteiger partial charge in [0.15, 0.2) is 12.1 Å². The molecule has 4 rings (SSSR count). The molecule has 0 radical (unpaired) electrons. The van der Waals surface area contributed by atoms with Gasteiger partial charge in [0, 0.05) is 41.8 Å². The second-order valence-electron chi connectivity index (χ2n) is 12.9. The molecule has 8 nitrogen and oxygen atoms in total. The van der Waals surface area contributed by atoms with Gasteiger partial charge in [0.05, 0.1) is 0 Å². The topological polar surface area (TPSA) is 140 Å². The average molecular weight is 820 g/mol. The fourth-order valence-electron chi connectivity index (χ4n) is 5.11. The first-order valence-corrected chi connectivity index (χ1v) is 16.0. The van der Waals surface area contributed by atoms with E-state index < -0.39 is 34.9 Å². The maximum absolute atomic E-state index is 12.0. The van der Waals surface area contributed by atoms with E-state index in [1.165, 1.54) is 12.4 Å². The summed E-state index contributed by atoms with van der Waals surface area (Å²) in [5, 5.41) is 46.1. The summed E-state index contributed by atoms with van der Waals surface area (Å²) in [5.74, 6) is -2.52. The summed E-state index contributed by atoms with van der Waals surface area (Å²) in [5.41, 5.74) is -0.0814. The molecule has 0 amide bonds. The zero-order chi connectivity index (χ0) is 32.7. The summed E-state index contributed by atoms with van der Waals surface area (Å²) in [6.45, 7) is 10.7. The number of aliphatic imine (C=N–C) groups is 2. The normalized spacial score (nSPS) is 14.1. The van der Waals surface area contributed by atoms with Gasteiger partial charge in [-0.25, -0.2) is 9.59 Å². The first kappa shape index (κ1) is 33.6. The Bertz CT molecular complexity index is 1720. The summed E-state index contributed by atoms with van der Waals surface area (Å²) < 4.78 is 1.89. The Labute approximate surface area is 283 Å². The van der Waals surface area contributed by atoms with Gasteiger partial charge in [-0.15, -0.1) is 0 Å². The number of carboxylic acid groups (broad SMARTS) is 2. The molecule has 0 fully saturated rings. The van der Waals surface area contributed by atoms with Gasteiger partial charge < -0.3 is 20.4 Å². The number of nitrogens with zero attached hydrogens (tertiary/aromatic N) is 2. The maximum Gasteiger partial charge on any atom is 0.328 e. The third-order valence-electron chi connectivity index (χ3n) is 7.29. The molecule has 44 heavy (non-hydrogen) atoms. The molecule has 4 N–H and O–H groups in total. The lowest BCUT2D eigenvalue weighted by molar-refractivity contribution is -0.141. The highest BCUT2D eigenvalue weighted by Crippen LogP contribution is 2.47. The minimum Gasteiger partial charge on any atom is -0.507 e. The first-order chi connectivity index (χ1) is 20.4. The van der Waals surface area contributed by atoms with Gasteiger partial charge in [-0.1, -0.05) is 53.7 Å². The van der Waals surface area contributed by atoms with Gasteiger partial charge in [-0.2, -0.15) is 0 Å². The number of rotatable bonds is 7. The lowest BCUT2D eigenvalue weighted by atomic mass is 9.87. The van der Waals surface area contributed by atoms with Crippen LogP contribution in [-0.2, 0) is 9.59 Å². The third-order valence-corrected chi connectivity index (χ3v) is 8.63. The maximum atomic E-state index is 12.0. The predicted octanol–water partition coefficient (Wildman–Crippen LogP) is 8.12. The van der Waals surface area contributed by atoms with E-state index in [1.807, 2.05) is 36.4 Å². The van der Waals surface area contributed by atoms with E-state index in [9.17, 15) is 30.0 Å². The highest BCUT2D eigenvalue weighted by Gasteiger charge is 2.32. The van der Waals surface area contributed by atoms with E-state index in [0.29, 0.717) is 33.0 Å². The van der Waals surface area contributed by atoms with Crippen LogP contribution in [0.25, 0.3) is 32.7 Å². The largest absolute Gasteiger partial charge is 0.507 e. The number of aromatic hydroxyl groups is 2. The number of benzene rings is 4. The van der Waals surface area contributed by atoms with E-state index in [4.69, 9.17) is 0 Å². The summed E-state index contributed by atoms with van der Waals surface area (Å²) in [4.78, 5) is 32.7. The van der Waals surface area contributed by atoms with Crippen molar-refractivity contribution in [2.75, 3.05) is 0 Å². The summed E-state index contributed by atoms with van der Waals surface area (Å²) in [6, 6.07) is 12.8. The minimum absolute atomic E-state index is 0.178. The summed E-state index contributed by atoms with van der Waals surface area (Å²) in [6.07, 6.45) is 2.74. The van der Waals surface area contributed by atoms with Crippen molar-refractivity contribution in [1.29, 1.82) is 0 Å². The van der Waals surface area contributed by atoms with E-state index in [1.54, 1.807) is 53.7 Å². The molecular formula is C34H34I2N2O6. The fraction of sp³-hybridized carbons (Fsp3) is 0.294. The van der Waals surface area contributed by atoms with Crippen LogP contribution in [-0.4, -0.2) is 56.9 Å². The zero-order valence-corrected chi connectivity index (χ0v) is 29.5. The molecule has 0 aromatic heterocycles. The standard InChI is InChI=1S/C34H34I2N2O6/c1-33(2,3)29(31(41)42)37-15-19-11-17-13-21(35)7-9-23(17)25(27(19)39)26-24-10-8-22(36)14-18(24)12-20(28(26)40)16-38-30(32(43)44)34(4,5)6/h7-16,29-30,39-40H,1-6H3,(H,41,42)(H,43,44)/t29-,30-/m1/s1. The second kappa shape index (κ2) is 12.6. The van der Waals surface area contributed by atoms with Crippen LogP contribution < -0.4 is 0 Å². The van der Waals surface area contributed by atoms with E-state index >= 15 is 0 Å². The Hall–Kier alpha value is -3.26. The molecule has 0 aliphatic rings. The predicted molar refractivity (Wildman–Crippen MR) is 193 cm³/mol. The second-order valence-corrected chi connectivity index (χ2v) is 15.4. The number of hydrogen-bond donors (Lipinski definition) is 4. The fourth-order valence-corrected chi connectivity index (χ4v) is 6.14. The molecule has 0 aliphatic heterocycles. The Morgan fingerprint density at radius 1 is 0.659 bits per heavy atom. The molecule has 0 heterocycles. The molecule has 4 aromatic rings. The summed E-state index contributed by atoms with van der Waals surface area (Å²) >= 11 is 4.39. The van der Waals surface area contributed by atoms with Crippen molar-refractivity contribution in [3.05, 3.63) is 66.8 Å². The van der Waals surface area contributed by atoms with Crippen LogP contribution in [0.2, 0.25) is 0 Å². The molecule has 2 atom stereocenters. The SMILES string of the molecule is CC(C)(C)[C@H](N=Cc1cc2cc(I)ccc2c(-c2c(O)c(C=N[C@H](C(=O)O)C(C)(C)C)cc3cc(I)ccc23)c1O)C(=O)O. The van der Waals surface area contributed by atoms with E-state index in [0.717, 1.165) is 17.9 Å². The monoisotopic (exact) mass is 820 g/mol. The van der Waals surface area contributed by atoms with Gasteiger partial charge >= 0.3 is 11.9 Å². The number of phenols is 2. The molecule has 0 unspecified atom stereocenters. The first-order valence-electron chi connectivity index (χ1n) is 13.8. The quantitative estimate of drug-likeness (QED) is 0.110. The Kier molecular flexibility index (Phi) is 9.65. The average Bonchev–Trinajstić information content (AvgIpc) is 2.88. The molecule has 0 aliphatic carbocycles. The van der Waals surface area contributed by atoms with Crippen LogP contribution in [0.4, 0.5) is 0 Å². The van der Waals surface area contributed by atoms with E-state index in [-0.39, 0.29) is 11.5 Å². The van der Waals surface area contributed by atoms with Gasteiger partial charge in [-0.05, 0) is 114 Å². The molecule has 10 heteroatoms.